The van der Waals surface area contributed by atoms with E-state index in [9.17, 15) is 9.36 Å². The number of rotatable bonds is 12. The number of carbonyl (C=O) groups excluding carboxylic acids is 1. The molecule has 0 amide bonds. The molecule has 6 heteroatoms. The van der Waals surface area contributed by atoms with Gasteiger partial charge in [-0.15, -0.1) is 0 Å². The molecule has 0 unspecified atom stereocenters. The molecule has 0 spiro atoms. The molecule has 24 heavy (non-hydrogen) atoms. The van der Waals surface area contributed by atoms with Crippen LogP contribution < -0.4 is 4.74 Å². The van der Waals surface area contributed by atoms with E-state index in [0.29, 0.717) is 25.1 Å². The van der Waals surface area contributed by atoms with Crippen LogP contribution in [-0.4, -0.2) is 25.3 Å². The summed E-state index contributed by atoms with van der Waals surface area (Å²) in [5.74, 6) is 0.271. The smallest absolute Gasteiger partial charge is 0.330 e. The van der Waals surface area contributed by atoms with E-state index < -0.39 is 7.60 Å². The van der Waals surface area contributed by atoms with Gasteiger partial charge in [-0.05, 0) is 50.8 Å². The average molecular weight is 356 g/mol. The zero-order valence-corrected chi connectivity index (χ0v) is 15.8. The molecule has 0 aliphatic rings. The predicted molar refractivity (Wildman–Crippen MR) is 95.6 cm³/mol. The first-order chi connectivity index (χ1) is 11.5. The van der Waals surface area contributed by atoms with Gasteiger partial charge >= 0.3 is 13.6 Å². The Kier molecular flexibility index (Phi) is 9.92. The van der Waals surface area contributed by atoms with Gasteiger partial charge in [0.1, 0.15) is 5.75 Å². The highest BCUT2D eigenvalue weighted by Crippen LogP contribution is 2.48. The molecule has 136 valence electrons. The van der Waals surface area contributed by atoms with E-state index >= 15 is 0 Å². The fourth-order valence-electron chi connectivity index (χ4n) is 2.44. The predicted octanol–water partition coefficient (Wildman–Crippen LogP) is 4.98. The number of aryl methyl sites for hydroxylation is 1. The third-order valence-electron chi connectivity index (χ3n) is 3.48. The van der Waals surface area contributed by atoms with Crippen LogP contribution in [0.25, 0.3) is 0 Å². The number of benzene rings is 1. The van der Waals surface area contributed by atoms with Gasteiger partial charge in [-0.1, -0.05) is 25.0 Å². The molecule has 0 aliphatic heterocycles. The molecule has 0 bridgehead atoms. The molecule has 0 heterocycles. The molecule has 0 atom stereocenters. The van der Waals surface area contributed by atoms with E-state index in [2.05, 4.69) is 0 Å². The van der Waals surface area contributed by atoms with Crippen molar-refractivity contribution in [2.75, 3.05) is 19.4 Å². The van der Waals surface area contributed by atoms with Crippen LogP contribution in [0.1, 0.15) is 52.0 Å². The van der Waals surface area contributed by atoms with Crippen molar-refractivity contribution in [1.82, 2.24) is 0 Å². The lowest BCUT2D eigenvalue weighted by Crippen LogP contribution is -2.01. The van der Waals surface area contributed by atoms with Crippen molar-refractivity contribution in [2.45, 2.75) is 52.9 Å². The molecule has 1 aromatic carbocycles. The Hall–Kier alpha value is -1.16. The second-order valence-electron chi connectivity index (χ2n) is 5.57. The van der Waals surface area contributed by atoms with Crippen LogP contribution in [0.2, 0.25) is 0 Å². The van der Waals surface area contributed by atoms with Gasteiger partial charge in [0.25, 0.3) is 0 Å². The molecule has 5 nitrogen and oxygen atoms in total. The van der Waals surface area contributed by atoms with Crippen LogP contribution in [0.4, 0.5) is 0 Å². The zero-order valence-electron chi connectivity index (χ0n) is 15.0. The summed E-state index contributed by atoms with van der Waals surface area (Å²) in [6.07, 6.45) is 5.48. The second kappa shape index (κ2) is 11.4. The van der Waals surface area contributed by atoms with Gasteiger partial charge in [-0.25, -0.2) is 0 Å². The minimum atomic E-state index is -2.88. The summed E-state index contributed by atoms with van der Waals surface area (Å²) >= 11 is 0. The quantitative estimate of drug-likeness (QED) is 0.229. The lowest BCUT2D eigenvalue weighted by Gasteiger charge is -2.16. The number of carbonyl (C=O) groups is 1. The SMILES string of the molecule is CCOP(=O)(CCCCCCc1ccc(OC(C)=O)cc1)OCC. The van der Waals surface area contributed by atoms with E-state index in [1.807, 2.05) is 38.1 Å². The van der Waals surface area contributed by atoms with Crippen molar-refractivity contribution >= 4 is 13.6 Å². The molecule has 0 aromatic heterocycles. The Morgan fingerprint density at radius 2 is 1.54 bits per heavy atom. The summed E-state index contributed by atoms with van der Waals surface area (Å²) in [6.45, 7) is 5.89. The van der Waals surface area contributed by atoms with Gasteiger partial charge in [0.2, 0.25) is 0 Å². The van der Waals surface area contributed by atoms with Crippen molar-refractivity contribution in [3.63, 3.8) is 0 Å². The molecule has 0 saturated carbocycles. The van der Waals surface area contributed by atoms with Crippen LogP contribution in [0.3, 0.4) is 0 Å². The molecule has 0 radical (unpaired) electrons. The van der Waals surface area contributed by atoms with Gasteiger partial charge in [-0.2, -0.15) is 0 Å². The standard InChI is InChI=1S/C18H29O5P/c1-4-21-24(20,22-5-2)15-9-7-6-8-10-17-11-13-18(14-12-17)23-16(3)19/h11-14H,4-10,15H2,1-3H3. The highest BCUT2D eigenvalue weighted by molar-refractivity contribution is 7.53. The first-order valence-electron chi connectivity index (χ1n) is 8.64. The molecule has 0 fully saturated rings. The Balaban J connectivity index is 2.21. The molecular weight excluding hydrogens is 327 g/mol. The molecule has 0 N–H and O–H groups in total. The molecule has 1 aromatic rings. The highest BCUT2D eigenvalue weighted by Gasteiger charge is 2.22. The zero-order chi connectivity index (χ0) is 17.8. The van der Waals surface area contributed by atoms with Gasteiger partial charge in [0.15, 0.2) is 0 Å². The number of hydrogen-bond donors (Lipinski definition) is 0. The average Bonchev–Trinajstić information content (AvgIpc) is 2.52. The summed E-state index contributed by atoms with van der Waals surface area (Å²) in [7, 11) is -2.88. The topological polar surface area (TPSA) is 61.8 Å². The number of esters is 1. The normalized spacial score (nSPS) is 11.5. The van der Waals surface area contributed by atoms with Gasteiger partial charge in [-0.3, -0.25) is 9.36 Å². The summed E-state index contributed by atoms with van der Waals surface area (Å²) < 4.78 is 27.9. The van der Waals surface area contributed by atoms with E-state index in [1.54, 1.807) is 0 Å². The summed E-state index contributed by atoms with van der Waals surface area (Å²) in [5.41, 5.74) is 1.22. The Morgan fingerprint density at radius 3 is 2.08 bits per heavy atom. The minimum absolute atomic E-state index is 0.306. The van der Waals surface area contributed by atoms with Crippen LogP contribution in [-0.2, 0) is 24.8 Å². The first-order valence-corrected chi connectivity index (χ1v) is 10.4. The summed E-state index contributed by atoms with van der Waals surface area (Å²) in [6, 6.07) is 7.60. The third-order valence-corrected chi connectivity index (χ3v) is 5.65. The number of unbranched alkanes of at least 4 members (excludes halogenated alkanes) is 3. The molecule has 1 rings (SSSR count). The van der Waals surface area contributed by atoms with Gasteiger partial charge in [0, 0.05) is 6.92 Å². The van der Waals surface area contributed by atoms with Crippen molar-refractivity contribution in [3.05, 3.63) is 29.8 Å². The van der Waals surface area contributed by atoms with Crippen LogP contribution in [0.5, 0.6) is 5.75 Å². The van der Waals surface area contributed by atoms with Crippen molar-refractivity contribution in [3.8, 4) is 5.75 Å². The summed E-state index contributed by atoms with van der Waals surface area (Å²) in [5, 5.41) is 0. The maximum absolute atomic E-state index is 12.3. The maximum atomic E-state index is 12.3. The minimum Gasteiger partial charge on any atom is -0.427 e. The third kappa shape index (κ3) is 8.62. The first kappa shape index (κ1) is 20.9. The number of ether oxygens (including phenoxy) is 1. The molecule has 0 aliphatic carbocycles. The second-order valence-corrected chi connectivity index (χ2v) is 7.76. The van der Waals surface area contributed by atoms with Crippen LogP contribution in [0, 0.1) is 0 Å². The fourth-order valence-corrected chi connectivity index (χ4v) is 4.17. The van der Waals surface area contributed by atoms with E-state index in [0.717, 1.165) is 32.1 Å². The van der Waals surface area contributed by atoms with Crippen LogP contribution >= 0.6 is 7.60 Å². The Morgan fingerprint density at radius 1 is 0.958 bits per heavy atom. The number of hydrogen-bond acceptors (Lipinski definition) is 5. The van der Waals surface area contributed by atoms with Crippen molar-refractivity contribution in [2.24, 2.45) is 0 Å². The largest absolute Gasteiger partial charge is 0.427 e. The highest BCUT2D eigenvalue weighted by atomic mass is 31.2. The van der Waals surface area contributed by atoms with Crippen molar-refractivity contribution < 1.29 is 23.1 Å². The molecular formula is C18H29O5P. The lowest BCUT2D eigenvalue weighted by molar-refractivity contribution is -0.131. The van der Waals surface area contributed by atoms with E-state index in [-0.39, 0.29) is 5.97 Å². The Bertz CT molecular complexity index is 517. The van der Waals surface area contributed by atoms with E-state index in [4.69, 9.17) is 13.8 Å². The van der Waals surface area contributed by atoms with E-state index in [1.165, 1.54) is 12.5 Å². The monoisotopic (exact) mass is 356 g/mol. The molecule has 0 saturated heterocycles. The van der Waals surface area contributed by atoms with Gasteiger partial charge in [0.05, 0.1) is 19.4 Å². The maximum Gasteiger partial charge on any atom is 0.330 e. The van der Waals surface area contributed by atoms with Crippen molar-refractivity contribution in [1.29, 1.82) is 0 Å². The summed E-state index contributed by atoms with van der Waals surface area (Å²) in [4.78, 5) is 10.9. The Labute approximate surface area is 145 Å². The lowest BCUT2D eigenvalue weighted by atomic mass is 10.1. The van der Waals surface area contributed by atoms with Crippen LogP contribution in [0.15, 0.2) is 24.3 Å². The fraction of sp³-hybridized carbons (Fsp3) is 0.611. The van der Waals surface area contributed by atoms with Gasteiger partial charge < -0.3 is 13.8 Å².